The van der Waals surface area contributed by atoms with E-state index in [4.69, 9.17) is 0 Å². The van der Waals surface area contributed by atoms with Crippen LogP contribution in [0.15, 0.2) is 30.6 Å². The van der Waals surface area contributed by atoms with Gasteiger partial charge in [-0.1, -0.05) is 0 Å². The highest BCUT2D eigenvalue weighted by Gasteiger charge is 2.24. The van der Waals surface area contributed by atoms with Gasteiger partial charge in [0, 0.05) is 63.1 Å². The largest absolute Gasteiger partial charge is 0.349 e. The van der Waals surface area contributed by atoms with Crippen LogP contribution in [0, 0.1) is 13.8 Å². The molecule has 3 heterocycles. The van der Waals surface area contributed by atoms with Gasteiger partial charge in [-0.3, -0.25) is 14.7 Å². The summed E-state index contributed by atoms with van der Waals surface area (Å²) in [4.78, 5) is 21.3. The zero-order chi connectivity index (χ0) is 17.1. The van der Waals surface area contributed by atoms with E-state index >= 15 is 0 Å². The van der Waals surface area contributed by atoms with Crippen molar-refractivity contribution in [1.29, 1.82) is 0 Å². The van der Waals surface area contributed by atoms with Gasteiger partial charge >= 0.3 is 0 Å². The molecule has 1 fully saturated rings. The molecule has 1 aliphatic heterocycles. The standard InChI is InChI=1S/C19H26N4O/c1-4-23-15(2)13-18(16(23)3)19(24)22-11-9-21(10-12-22)14-17-5-7-20-8-6-17/h5-8,13H,4,9-12,14H2,1-3H3. The minimum atomic E-state index is 0.173. The second-order valence-electron chi connectivity index (χ2n) is 6.45. The Labute approximate surface area is 143 Å². The number of pyridine rings is 1. The first-order chi connectivity index (χ1) is 11.6. The van der Waals surface area contributed by atoms with Crippen molar-refractivity contribution in [2.75, 3.05) is 26.2 Å². The molecule has 0 spiro atoms. The van der Waals surface area contributed by atoms with Crippen molar-refractivity contribution in [2.24, 2.45) is 0 Å². The van der Waals surface area contributed by atoms with Crippen LogP contribution in [0.25, 0.3) is 0 Å². The number of hydrogen-bond acceptors (Lipinski definition) is 3. The number of nitrogens with zero attached hydrogens (tertiary/aromatic N) is 4. The van der Waals surface area contributed by atoms with Crippen LogP contribution in [0.4, 0.5) is 0 Å². The maximum Gasteiger partial charge on any atom is 0.255 e. The number of hydrogen-bond donors (Lipinski definition) is 0. The first-order valence-electron chi connectivity index (χ1n) is 8.67. The minimum Gasteiger partial charge on any atom is -0.349 e. The highest BCUT2D eigenvalue weighted by Crippen LogP contribution is 2.18. The second kappa shape index (κ2) is 7.18. The van der Waals surface area contributed by atoms with Gasteiger partial charge in [-0.2, -0.15) is 0 Å². The summed E-state index contributed by atoms with van der Waals surface area (Å²) in [6.07, 6.45) is 3.66. The Hall–Kier alpha value is -2.14. The van der Waals surface area contributed by atoms with Gasteiger partial charge in [0.05, 0.1) is 5.56 Å². The molecule has 0 bridgehead atoms. The summed E-state index contributed by atoms with van der Waals surface area (Å²) in [6, 6.07) is 6.14. The van der Waals surface area contributed by atoms with E-state index in [0.29, 0.717) is 0 Å². The molecule has 128 valence electrons. The van der Waals surface area contributed by atoms with Gasteiger partial charge in [0.25, 0.3) is 5.91 Å². The van der Waals surface area contributed by atoms with Crippen molar-refractivity contribution in [3.8, 4) is 0 Å². The Bertz CT molecular complexity index is 700. The van der Waals surface area contributed by atoms with E-state index in [-0.39, 0.29) is 5.91 Å². The summed E-state index contributed by atoms with van der Waals surface area (Å²) in [5.74, 6) is 0.173. The number of piperazine rings is 1. The quantitative estimate of drug-likeness (QED) is 0.867. The average molecular weight is 326 g/mol. The van der Waals surface area contributed by atoms with Crippen molar-refractivity contribution in [3.63, 3.8) is 0 Å². The van der Waals surface area contributed by atoms with Crippen molar-refractivity contribution in [1.82, 2.24) is 19.4 Å². The molecule has 0 aliphatic carbocycles. The van der Waals surface area contributed by atoms with Crippen molar-refractivity contribution in [2.45, 2.75) is 33.9 Å². The van der Waals surface area contributed by atoms with Crippen LogP contribution < -0.4 is 0 Å². The molecule has 1 aliphatic rings. The summed E-state index contributed by atoms with van der Waals surface area (Å²) in [5, 5.41) is 0. The Morgan fingerprint density at radius 1 is 1.12 bits per heavy atom. The number of carbonyl (C=O) groups excluding carboxylic acids is 1. The Kier molecular flexibility index (Phi) is 5.00. The lowest BCUT2D eigenvalue weighted by molar-refractivity contribution is 0.0627. The van der Waals surface area contributed by atoms with Gasteiger partial charge in [-0.25, -0.2) is 0 Å². The third-order valence-electron chi connectivity index (χ3n) is 4.94. The van der Waals surface area contributed by atoms with E-state index < -0.39 is 0 Å². The summed E-state index contributed by atoms with van der Waals surface area (Å²) in [5.41, 5.74) is 4.38. The summed E-state index contributed by atoms with van der Waals surface area (Å²) in [6.45, 7) is 11.5. The van der Waals surface area contributed by atoms with E-state index in [1.54, 1.807) is 0 Å². The highest BCUT2D eigenvalue weighted by atomic mass is 16.2. The maximum absolute atomic E-state index is 12.9. The first-order valence-corrected chi connectivity index (χ1v) is 8.67. The van der Waals surface area contributed by atoms with Crippen LogP contribution in [0.1, 0.15) is 34.2 Å². The third kappa shape index (κ3) is 3.36. The molecular weight excluding hydrogens is 300 g/mol. The smallest absolute Gasteiger partial charge is 0.255 e. The predicted octanol–water partition coefficient (Wildman–Crippen LogP) is 2.48. The number of aromatic nitrogens is 2. The lowest BCUT2D eigenvalue weighted by Crippen LogP contribution is -2.48. The SMILES string of the molecule is CCn1c(C)cc(C(=O)N2CCN(Cc3ccncc3)CC2)c1C. The second-order valence-corrected chi connectivity index (χ2v) is 6.45. The van der Waals surface area contributed by atoms with Crippen LogP contribution in [0.2, 0.25) is 0 Å². The molecule has 2 aromatic heterocycles. The van der Waals surface area contributed by atoms with Gasteiger partial charge in [-0.15, -0.1) is 0 Å². The summed E-state index contributed by atoms with van der Waals surface area (Å²) >= 11 is 0. The summed E-state index contributed by atoms with van der Waals surface area (Å²) in [7, 11) is 0. The molecule has 0 unspecified atom stereocenters. The number of carbonyl (C=O) groups is 1. The average Bonchev–Trinajstić information content (AvgIpc) is 2.89. The zero-order valence-corrected chi connectivity index (χ0v) is 14.8. The molecule has 5 heteroatoms. The van der Waals surface area contributed by atoms with Crippen LogP contribution in [0.5, 0.6) is 0 Å². The van der Waals surface area contributed by atoms with Crippen molar-refractivity contribution < 1.29 is 4.79 Å². The zero-order valence-electron chi connectivity index (χ0n) is 14.8. The number of amides is 1. The molecule has 3 rings (SSSR count). The molecule has 24 heavy (non-hydrogen) atoms. The van der Waals surface area contributed by atoms with E-state index in [2.05, 4.69) is 40.4 Å². The van der Waals surface area contributed by atoms with Gasteiger partial charge in [-0.05, 0) is 44.5 Å². The topological polar surface area (TPSA) is 41.4 Å². The first kappa shape index (κ1) is 16.7. The molecule has 5 nitrogen and oxygen atoms in total. The molecule has 0 N–H and O–H groups in total. The van der Waals surface area contributed by atoms with E-state index in [1.807, 2.05) is 30.3 Å². The molecule has 1 saturated heterocycles. The molecular formula is C19H26N4O. The van der Waals surface area contributed by atoms with Crippen LogP contribution in [-0.4, -0.2) is 51.4 Å². The highest BCUT2D eigenvalue weighted by molar-refractivity contribution is 5.95. The van der Waals surface area contributed by atoms with Crippen LogP contribution in [0.3, 0.4) is 0 Å². The molecule has 0 radical (unpaired) electrons. The van der Waals surface area contributed by atoms with Crippen LogP contribution >= 0.6 is 0 Å². The lowest BCUT2D eigenvalue weighted by atomic mass is 10.2. The third-order valence-corrected chi connectivity index (χ3v) is 4.94. The maximum atomic E-state index is 12.9. The minimum absolute atomic E-state index is 0.173. The molecule has 2 aromatic rings. The Morgan fingerprint density at radius 2 is 1.79 bits per heavy atom. The Morgan fingerprint density at radius 3 is 2.38 bits per heavy atom. The van der Waals surface area contributed by atoms with Crippen molar-refractivity contribution >= 4 is 5.91 Å². The van der Waals surface area contributed by atoms with Gasteiger partial charge < -0.3 is 9.47 Å². The monoisotopic (exact) mass is 326 g/mol. The van der Waals surface area contributed by atoms with E-state index in [1.165, 1.54) is 5.56 Å². The molecule has 0 atom stereocenters. The van der Waals surface area contributed by atoms with Crippen LogP contribution in [-0.2, 0) is 13.1 Å². The normalized spacial score (nSPS) is 15.7. The van der Waals surface area contributed by atoms with E-state index in [0.717, 1.165) is 56.2 Å². The van der Waals surface area contributed by atoms with E-state index in [9.17, 15) is 4.79 Å². The predicted molar refractivity (Wildman–Crippen MR) is 95.0 cm³/mol. The fourth-order valence-electron chi connectivity index (χ4n) is 3.53. The van der Waals surface area contributed by atoms with Gasteiger partial charge in [0.2, 0.25) is 0 Å². The molecule has 1 amide bonds. The lowest BCUT2D eigenvalue weighted by Gasteiger charge is -2.34. The van der Waals surface area contributed by atoms with Gasteiger partial charge in [0.1, 0.15) is 0 Å². The fraction of sp³-hybridized carbons (Fsp3) is 0.474. The Balaban J connectivity index is 1.61. The van der Waals surface area contributed by atoms with Crippen molar-refractivity contribution in [3.05, 3.63) is 53.1 Å². The van der Waals surface area contributed by atoms with Gasteiger partial charge in [0.15, 0.2) is 0 Å². The molecule has 0 saturated carbocycles. The molecule has 0 aromatic carbocycles. The number of rotatable bonds is 4. The summed E-state index contributed by atoms with van der Waals surface area (Å²) < 4.78 is 2.20. The fourth-order valence-corrected chi connectivity index (χ4v) is 3.53. The number of aryl methyl sites for hydroxylation is 1.